The van der Waals surface area contributed by atoms with Crippen LogP contribution >= 0.6 is 23.2 Å². The summed E-state index contributed by atoms with van der Waals surface area (Å²) >= 11 is 12.0. The van der Waals surface area contributed by atoms with Gasteiger partial charge in [0.15, 0.2) is 0 Å². The van der Waals surface area contributed by atoms with Gasteiger partial charge >= 0.3 is 0 Å². The van der Waals surface area contributed by atoms with Crippen molar-refractivity contribution < 1.29 is 13.2 Å². The highest BCUT2D eigenvalue weighted by Crippen LogP contribution is 2.37. The highest BCUT2D eigenvalue weighted by Gasteiger charge is 2.22. The van der Waals surface area contributed by atoms with Gasteiger partial charge in [0.1, 0.15) is 15.7 Å². The van der Waals surface area contributed by atoms with Crippen LogP contribution in [0.5, 0.6) is 5.75 Å². The summed E-state index contributed by atoms with van der Waals surface area (Å²) in [7, 11) is -2.41. The Labute approximate surface area is 133 Å². The van der Waals surface area contributed by atoms with Gasteiger partial charge in [0, 0.05) is 0 Å². The molecule has 0 heterocycles. The molecule has 0 radical (unpaired) electrons. The summed E-state index contributed by atoms with van der Waals surface area (Å²) < 4.78 is 32.4. The molecule has 2 aromatic rings. The number of halogens is 2. The van der Waals surface area contributed by atoms with Crippen molar-refractivity contribution in [3.8, 4) is 5.75 Å². The van der Waals surface area contributed by atoms with Crippen LogP contribution in [0.2, 0.25) is 10.0 Å². The molecule has 4 nitrogen and oxygen atoms in total. The zero-order valence-corrected chi connectivity index (χ0v) is 13.7. The number of sulfonamides is 1. The lowest BCUT2D eigenvalue weighted by Crippen LogP contribution is -2.14. The van der Waals surface area contributed by atoms with Crippen LogP contribution in [0.4, 0.5) is 5.69 Å². The van der Waals surface area contributed by atoms with E-state index in [1.807, 2.05) is 6.07 Å². The first-order valence-corrected chi connectivity index (χ1v) is 8.21. The lowest BCUT2D eigenvalue weighted by atomic mass is 10.2. The molecule has 0 bridgehead atoms. The van der Waals surface area contributed by atoms with E-state index in [-0.39, 0.29) is 14.9 Å². The predicted octanol–water partition coefficient (Wildman–Crippen LogP) is 4.11. The Morgan fingerprint density at radius 2 is 1.71 bits per heavy atom. The predicted molar refractivity (Wildman–Crippen MR) is 85.0 cm³/mol. The number of ether oxygens (including phenoxy) is 1. The van der Waals surface area contributed by atoms with Crippen molar-refractivity contribution >= 4 is 38.9 Å². The molecule has 0 aliphatic heterocycles. The highest BCUT2D eigenvalue weighted by atomic mass is 35.5. The van der Waals surface area contributed by atoms with Crippen LogP contribution in [-0.2, 0) is 10.0 Å². The third kappa shape index (κ3) is 3.26. The molecule has 0 saturated carbocycles. The average molecular weight is 346 g/mol. The van der Waals surface area contributed by atoms with Crippen LogP contribution in [-0.4, -0.2) is 15.5 Å². The maximum Gasteiger partial charge on any atom is 0.263 e. The van der Waals surface area contributed by atoms with Gasteiger partial charge in [-0.05, 0) is 30.7 Å². The third-order valence-corrected chi connectivity index (χ3v) is 5.29. The first kappa shape index (κ1) is 15.9. The van der Waals surface area contributed by atoms with Crippen molar-refractivity contribution in [3.63, 3.8) is 0 Å². The summed E-state index contributed by atoms with van der Waals surface area (Å²) in [6.45, 7) is 1.81. The van der Waals surface area contributed by atoms with Crippen molar-refractivity contribution in [2.24, 2.45) is 0 Å². The average Bonchev–Trinajstić information content (AvgIpc) is 2.44. The van der Waals surface area contributed by atoms with Crippen LogP contribution < -0.4 is 9.46 Å². The molecule has 0 atom stereocenters. The van der Waals surface area contributed by atoms with Gasteiger partial charge in [0.25, 0.3) is 10.0 Å². The molecule has 0 saturated heterocycles. The Morgan fingerprint density at radius 3 is 2.33 bits per heavy atom. The van der Waals surface area contributed by atoms with Gasteiger partial charge < -0.3 is 4.74 Å². The van der Waals surface area contributed by atoms with Gasteiger partial charge in [-0.2, -0.15) is 0 Å². The van der Waals surface area contributed by atoms with E-state index in [0.29, 0.717) is 11.4 Å². The van der Waals surface area contributed by atoms with Crippen molar-refractivity contribution in [3.05, 3.63) is 52.0 Å². The molecule has 0 aromatic heterocycles. The molecule has 0 amide bonds. The molecule has 2 rings (SSSR count). The van der Waals surface area contributed by atoms with Crippen LogP contribution in [0.1, 0.15) is 5.56 Å². The molecule has 21 heavy (non-hydrogen) atoms. The van der Waals surface area contributed by atoms with E-state index in [0.717, 1.165) is 5.56 Å². The Hall–Kier alpha value is -1.43. The fourth-order valence-corrected chi connectivity index (χ4v) is 3.74. The molecule has 2 aromatic carbocycles. The van der Waals surface area contributed by atoms with Crippen LogP contribution in [0.25, 0.3) is 0 Å². The van der Waals surface area contributed by atoms with Gasteiger partial charge in [0.2, 0.25) is 0 Å². The topological polar surface area (TPSA) is 55.4 Å². The number of methoxy groups -OCH3 is 1. The minimum atomic E-state index is -3.84. The summed E-state index contributed by atoms with van der Waals surface area (Å²) in [6, 6.07) is 9.86. The van der Waals surface area contributed by atoms with E-state index in [1.165, 1.54) is 19.2 Å². The molecule has 7 heteroatoms. The summed E-state index contributed by atoms with van der Waals surface area (Å²) in [4.78, 5) is -0.0989. The molecule has 112 valence electrons. The van der Waals surface area contributed by atoms with Crippen molar-refractivity contribution in [1.82, 2.24) is 0 Å². The minimum absolute atomic E-state index is 0.0619. The molecular formula is C14H13Cl2NO3S. The number of rotatable bonds is 4. The largest absolute Gasteiger partial charge is 0.495 e. The first-order chi connectivity index (χ1) is 9.86. The van der Waals surface area contributed by atoms with Gasteiger partial charge in [-0.1, -0.05) is 41.4 Å². The second-order valence-corrected chi connectivity index (χ2v) is 6.72. The monoisotopic (exact) mass is 345 g/mol. The summed E-state index contributed by atoms with van der Waals surface area (Å²) in [5.74, 6) is 0.316. The normalized spacial score (nSPS) is 11.2. The van der Waals surface area contributed by atoms with Gasteiger partial charge in [0.05, 0.1) is 17.8 Å². The summed E-state index contributed by atoms with van der Waals surface area (Å²) in [5, 5.41) is -0.0103. The fourth-order valence-electron chi connectivity index (χ4n) is 1.77. The number of aryl methyl sites for hydroxylation is 1. The van der Waals surface area contributed by atoms with Gasteiger partial charge in [-0.15, -0.1) is 0 Å². The molecule has 0 aliphatic rings. The van der Waals surface area contributed by atoms with Crippen LogP contribution in [0.15, 0.2) is 41.3 Å². The van der Waals surface area contributed by atoms with E-state index in [1.54, 1.807) is 25.1 Å². The second kappa shape index (κ2) is 6.13. The number of nitrogens with one attached hydrogen (secondary N) is 1. The number of hydrogen-bond acceptors (Lipinski definition) is 3. The Kier molecular flexibility index (Phi) is 4.66. The maximum absolute atomic E-state index is 12.4. The smallest absolute Gasteiger partial charge is 0.263 e. The van der Waals surface area contributed by atoms with E-state index < -0.39 is 10.0 Å². The van der Waals surface area contributed by atoms with Crippen molar-refractivity contribution in [2.75, 3.05) is 11.8 Å². The Bertz CT molecular complexity index is 776. The SMILES string of the molecule is COc1ccc(S(=O)(=O)Nc2ccccc2C)c(Cl)c1Cl. The second-order valence-electron chi connectivity index (χ2n) is 4.31. The summed E-state index contributed by atoms with van der Waals surface area (Å²) in [5.41, 5.74) is 1.29. The summed E-state index contributed by atoms with van der Waals surface area (Å²) in [6.07, 6.45) is 0. The van der Waals surface area contributed by atoms with Gasteiger partial charge in [-0.25, -0.2) is 8.42 Å². The van der Waals surface area contributed by atoms with E-state index in [4.69, 9.17) is 27.9 Å². The number of para-hydroxylation sites is 1. The maximum atomic E-state index is 12.4. The third-order valence-electron chi connectivity index (χ3n) is 2.91. The van der Waals surface area contributed by atoms with Crippen LogP contribution in [0.3, 0.4) is 0 Å². The standard InChI is InChI=1S/C14H13Cl2NO3S/c1-9-5-3-4-6-10(9)17-21(18,19)12-8-7-11(20-2)13(15)14(12)16/h3-8,17H,1-2H3. The Morgan fingerprint density at radius 1 is 1.05 bits per heavy atom. The zero-order chi connectivity index (χ0) is 15.6. The molecule has 0 fully saturated rings. The molecule has 0 spiro atoms. The highest BCUT2D eigenvalue weighted by molar-refractivity contribution is 7.92. The number of anilines is 1. The van der Waals surface area contributed by atoms with Crippen molar-refractivity contribution in [1.29, 1.82) is 0 Å². The van der Waals surface area contributed by atoms with E-state index in [9.17, 15) is 8.42 Å². The van der Waals surface area contributed by atoms with Crippen LogP contribution in [0, 0.1) is 6.92 Å². The zero-order valence-electron chi connectivity index (χ0n) is 11.4. The van der Waals surface area contributed by atoms with Crippen molar-refractivity contribution in [2.45, 2.75) is 11.8 Å². The minimum Gasteiger partial charge on any atom is -0.495 e. The molecular weight excluding hydrogens is 333 g/mol. The van der Waals surface area contributed by atoms with E-state index >= 15 is 0 Å². The Balaban J connectivity index is 2.46. The number of benzene rings is 2. The lowest BCUT2D eigenvalue weighted by Gasteiger charge is -2.13. The molecule has 0 aliphatic carbocycles. The number of hydrogen-bond donors (Lipinski definition) is 1. The van der Waals surface area contributed by atoms with E-state index in [2.05, 4.69) is 4.72 Å². The van der Waals surface area contributed by atoms with Gasteiger partial charge in [-0.3, -0.25) is 4.72 Å². The molecule has 0 unspecified atom stereocenters. The quantitative estimate of drug-likeness (QED) is 0.906. The first-order valence-electron chi connectivity index (χ1n) is 5.97. The lowest BCUT2D eigenvalue weighted by molar-refractivity contribution is 0.414. The molecule has 1 N–H and O–H groups in total. The fraction of sp³-hybridized carbons (Fsp3) is 0.143.